The lowest BCUT2D eigenvalue weighted by Gasteiger charge is -1.98. The summed E-state index contributed by atoms with van der Waals surface area (Å²) in [7, 11) is 0. The minimum Gasteiger partial charge on any atom is -0.513 e. The van der Waals surface area contributed by atoms with Crippen molar-refractivity contribution < 1.29 is 14.6 Å². The molecule has 1 aromatic heterocycles. The molecule has 0 spiro atoms. The predicted octanol–water partition coefficient (Wildman–Crippen LogP) is 2.19. The molecule has 80 valence electrons. The third-order valence-corrected chi connectivity index (χ3v) is 1.87. The monoisotopic (exact) mass is 227 g/mol. The Labute approximate surface area is 90.1 Å². The Balaban J connectivity index is 2.66. The molecule has 1 heterocycles. The molecule has 0 aliphatic rings. The number of rotatable bonds is 4. The zero-order valence-electron chi connectivity index (χ0n) is 7.95. The maximum atomic E-state index is 11.1. The van der Waals surface area contributed by atoms with E-state index in [1.807, 2.05) is 0 Å². The van der Waals surface area contributed by atoms with E-state index in [9.17, 15) is 4.79 Å². The second-order valence-electron chi connectivity index (χ2n) is 2.32. The quantitative estimate of drug-likeness (QED) is 0.370. The molecule has 0 aliphatic heterocycles. The molecule has 1 N–H and O–H groups in total. The lowest BCUT2D eigenvalue weighted by Crippen LogP contribution is -2.05. The van der Waals surface area contributed by atoms with Gasteiger partial charge in [-0.25, -0.2) is 4.79 Å². The molecular weight excluding hydrogens is 218 g/mol. The van der Waals surface area contributed by atoms with Gasteiger partial charge in [0, 0.05) is 5.38 Å². The number of azo groups is 1. The van der Waals surface area contributed by atoms with Crippen molar-refractivity contribution in [2.75, 3.05) is 6.61 Å². The van der Waals surface area contributed by atoms with Crippen LogP contribution in [0.4, 0.5) is 5.69 Å². The number of hydrogen-bond acceptors (Lipinski definition) is 7. The largest absolute Gasteiger partial charge is 0.513 e. The van der Waals surface area contributed by atoms with Crippen LogP contribution in [-0.2, 0) is 9.53 Å². The van der Waals surface area contributed by atoms with E-state index in [0.717, 1.165) is 0 Å². The topological polar surface area (TPSA) is 84.1 Å². The summed E-state index contributed by atoms with van der Waals surface area (Å²) in [6.07, 6.45) is 2.05. The first-order valence-corrected chi connectivity index (χ1v) is 4.94. The summed E-state index contributed by atoms with van der Waals surface area (Å²) < 4.78 is 8.43. The number of esters is 1. The molecule has 0 saturated heterocycles. The molecule has 0 bridgehead atoms. The van der Waals surface area contributed by atoms with E-state index in [1.54, 1.807) is 12.3 Å². The van der Waals surface area contributed by atoms with E-state index >= 15 is 0 Å². The van der Waals surface area contributed by atoms with E-state index in [0.29, 0.717) is 11.9 Å². The number of hydrogen-bond donors (Lipinski definition) is 1. The normalized spacial score (nSPS) is 11.9. The zero-order chi connectivity index (χ0) is 11.1. The molecule has 0 radical (unpaired) electrons. The van der Waals surface area contributed by atoms with E-state index in [-0.39, 0.29) is 12.3 Å². The number of nitrogens with zero attached hydrogens (tertiary/aromatic N) is 3. The summed E-state index contributed by atoms with van der Waals surface area (Å²) in [6, 6.07) is 0. The first kappa shape index (κ1) is 11.3. The lowest BCUT2D eigenvalue weighted by atomic mass is 10.5. The van der Waals surface area contributed by atoms with Crippen LogP contribution >= 0.6 is 11.5 Å². The minimum absolute atomic E-state index is 0.214. The van der Waals surface area contributed by atoms with Gasteiger partial charge < -0.3 is 9.84 Å². The van der Waals surface area contributed by atoms with Crippen molar-refractivity contribution in [1.29, 1.82) is 0 Å². The first-order valence-electron chi connectivity index (χ1n) is 4.10. The van der Waals surface area contributed by atoms with Crippen LogP contribution in [0, 0.1) is 0 Å². The molecule has 0 amide bonds. The maximum Gasteiger partial charge on any atom is 0.362 e. The van der Waals surface area contributed by atoms with Gasteiger partial charge in [0.1, 0.15) is 11.9 Å². The highest BCUT2D eigenvalue weighted by Crippen LogP contribution is 2.14. The average Bonchev–Trinajstić information content (AvgIpc) is 2.72. The number of aliphatic hydroxyl groups is 1. The molecule has 1 rings (SSSR count). The summed E-state index contributed by atoms with van der Waals surface area (Å²) in [5, 5.41) is 17.6. The molecule has 6 nitrogen and oxygen atoms in total. The summed E-state index contributed by atoms with van der Waals surface area (Å²) in [5.41, 5.74) is 0.270. The van der Waals surface area contributed by atoms with Crippen molar-refractivity contribution in [3.63, 3.8) is 0 Å². The molecule has 7 heteroatoms. The number of ether oxygens (including phenoxy) is 1. The maximum absolute atomic E-state index is 11.1. The van der Waals surface area contributed by atoms with Crippen LogP contribution in [0.3, 0.4) is 0 Å². The van der Waals surface area contributed by atoms with Crippen molar-refractivity contribution >= 4 is 23.2 Å². The molecule has 1 aromatic rings. The summed E-state index contributed by atoms with van der Waals surface area (Å²) >= 11 is 1.22. The Hall–Kier alpha value is -1.76. The van der Waals surface area contributed by atoms with Crippen LogP contribution in [0.1, 0.15) is 6.92 Å². The highest BCUT2D eigenvalue weighted by Gasteiger charge is 2.09. The predicted molar refractivity (Wildman–Crippen MR) is 54.0 cm³/mol. The molecule has 0 aliphatic carbocycles. The van der Waals surface area contributed by atoms with Crippen molar-refractivity contribution in [3.8, 4) is 0 Å². The van der Waals surface area contributed by atoms with Gasteiger partial charge in [-0.15, -0.1) is 10.2 Å². The van der Waals surface area contributed by atoms with Crippen LogP contribution in [-0.4, -0.2) is 22.1 Å². The van der Waals surface area contributed by atoms with Gasteiger partial charge in [0.25, 0.3) is 0 Å². The van der Waals surface area contributed by atoms with Gasteiger partial charge in [0.2, 0.25) is 5.70 Å². The average molecular weight is 227 g/mol. The molecule has 0 saturated carbocycles. The fourth-order valence-corrected chi connectivity index (χ4v) is 1.13. The van der Waals surface area contributed by atoms with E-state index in [4.69, 9.17) is 5.11 Å². The number of aliphatic hydroxyl groups excluding tert-OH is 1. The summed E-state index contributed by atoms with van der Waals surface area (Å²) in [6.45, 7) is 1.87. The minimum atomic E-state index is -0.716. The molecule has 15 heavy (non-hydrogen) atoms. The van der Waals surface area contributed by atoms with Crippen LogP contribution in [0.25, 0.3) is 0 Å². The Kier molecular flexibility index (Phi) is 4.42. The second kappa shape index (κ2) is 5.86. The fraction of sp³-hybridized carbons (Fsp3) is 0.250. The smallest absolute Gasteiger partial charge is 0.362 e. The Morgan fingerprint density at radius 3 is 3.13 bits per heavy atom. The fourth-order valence-electron chi connectivity index (χ4n) is 0.685. The van der Waals surface area contributed by atoms with Crippen LogP contribution < -0.4 is 0 Å². The highest BCUT2D eigenvalue weighted by atomic mass is 32.1. The van der Waals surface area contributed by atoms with Gasteiger partial charge in [0.15, 0.2) is 0 Å². The summed E-state index contributed by atoms with van der Waals surface area (Å²) in [4.78, 5) is 11.1. The molecule has 0 unspecified atom stereocenters. The third-order valence-electron chi connectivity index (χ3n) is 1.30. The lowest BCUT2D eigenvalue weighted by molar-refractivity contribution is -0.138. The number of aromatic nitrogens is 1. The van der Waals surface area contributed by atoms with Gasteiger partial charge in [-0.05, 0) is 18.5 Å². The van der Waals surface area contributed by atoms with Crippen LogP contribution in [0.15, 0.2) is 33.8 Å². The van der Waals surface area contributed by atoms with Crippen molar-refractivity contribution in [2.24, 2.45) is 10.2 Å². The van der Waals surface area contributed by atoms with Gasteiger partial charge in [-0.1, -0.05) is 0 Å². The zero-order valence-corrected chi connectivity index (χ0v) is 8.77. The molecular formula is C8H9N3O3S. The van der Waals surface area contributed by atoms with E-state index < -0.39 is 5.97 Å². The van der Waals surface area contributed by atoms with Crippen LogP contribution in [0.5, 0.6) is 0 Å². The number of carbonyl (C=O) groups is 1. The molecule has 0 aromatic carbocycles. The van der Waals surface area contributed by atoms with Gasteiger partial charge >= 0.3 is 5.97 Å². The Morgan fingerprint density at radius 2 is 2.60 bits per heavy atom. The Morgan fingerprint density at radius 1 is 1.80 bits per heavy atom. The summed E-state index contributed by atoms with van der Waals surface area (Å²) in [5.74, 6) is -0.716. The first-order chi connectivity index (χ1) is 7.27. The second-order valence-corrected chi connectivity index (χ2v) is 2.97. The van der Waals surface area contributed by atoms with E-state index in [2.05, 4.69) is 19.3 Å². The third kappa shape index (κ3) is 3.47. The SMILES string of the molecule is CCOC(=O)/C(=C\O)N=Nc1cnsc1. The van der Waals surface area contributed by atoms with E-state index in [1.165, 1.54) is 17.7 Å². The van der Waals surface area contributed by atoms with Gasteiger partial charge in [-0.3, -0.25) is 0 Å². The Bertz CT molecular complexity index is 372. The van der Waals surface area contributed by atoms with Gasteiger partial charge in [0.05, 0.1) is 12.8 Å². The van der Waals surface area contributed by atoms with Crippen molar-refractivity contribution in [1.82, 2.24) is 4.37 Å². The van der Waals surface area contributed by atoms with Gasteiger partial charge in [-0.2, -0.15) is 4.37 Å². The molecule has 0 fully saturated rings. The number of carbonyl (C=O) groups excluding carboxylic acids is 1. The highest BCUT2D eigenvalue weighted by molar-refractivity contribution is 7.03. The van der Waals surface area contributed by atoms with Crippen molar-refractivity contribution in [2.45, 2.75) is 6.92 Å². The molecule has 0 atom stereocenters. The standard InChI is InChI=1S/C8H9N3O3S/c1-2-14-8(13)7(4-12)11-10-6-3-9-15-5-6/h3-5,12H,2H2,1H3/b7-4+,11-10?. The van der Waals surface area contributed by atoms with Crippen molar-refractivity contribution in [3.05, 3.63) is 23.5 Å². The van der Waals surface area contributed by atoms with Crippen LogP contribution in [0.2, 0.25) is 0 Å².